The quantitative estimate of drug-likeness (QED) is 0.730. The Bertz CT molecular complexity index is 293. The highest BCUT2D eigenvalue weighted by atomic mass is 16.2. The highest BCUT2D eigenvalue weighted by Gasteiger charge is 2.25. The number of hydrogen-bond acceptors (Lipinski definition) is 2. The maximum atomic E-state index is 12.2. The molecule has 3 nitrogen and oxygen atoms in total. The van der Waals surface area contributed by atoms with Crippen molar-refractivity contribution in [3.8, 4) is 0 Å². The van der Waals surface area contributed by atoms with Gasteiger partial charge in [0.25, 0.3) is 0 Å². The monoisotopic (exact) mass is 282 g/mol. The first kappa shape index (κ1) is 17.5. The van der Waals surface area contributed by atoms with Gasteiger partial charge in [0.05, 0.1) is 6.04 Å². The average Bonchev–Trinajstić information content (AvgIpc) is 2.67. The van der Waals surface area contributed by atoms with Gasteiger partial charge >= 0.3 is 0 Å². The van der Waals surface area contributed by atoms with Gasteiger partial charge in [0.15, 0.2) is 0 Å². The zero-order valence-electron chi connectivity index (χ0n) is 14.1. The van der Waals surface area contributed by atoms with Crippen molar-refractivity contribution in [2.24, 2.45) is 5.92 Å². The van der Waals surface area contributed by atoms with E-state index in [2.05, 4.69) is 38.3 Å². The molecule has 1 unspecified atom stereocenters. The Morgan fingerprint density at radius 3 is 2.20 bits per heavy atom. The van der Waals surface area contributed by atoms with E-state index >= 15 is 0 Å². The second-order valence-electron chi connectivity index (χ2n) is 7.16. The zero-order chi connectivity index (χ0) is 15.2. The Hall–Kier alpha value is -0.570. The highest BCUT2D eigenvalue weighted by molar-refractivity contribution is 5.82. The van der Waals surface area contributed by atoms with Crippen LogP contribution >= 0.6 is 0 Å². The molecule has 0 spiro atoms. The maximum absolute atomic E-state index is 12.2. The minimum atomic E-state index is -0.113. The van der Waals surface area contributed by atoms with Crippen molar-refractivity contribution >= 4 is 5.91 Å². The van der Waals surface area contributed by atoms with Crippen molar-refractivity contribution in [1.29, 1.82) is 0 Å². The summed E-state index contributed by atoms with van der Waals surface area (Å²) in [4.78, 5) is 12.2. The summed E-state index contributed by atoms with van der Waals surface area (Å²) in [6, 6.07) is 0.317. The Morgan fingerprint density at radius 2 is 1.70 bits per heavy atom. The van der Waals surface area contributed by atoms with Gasteiger partial charge in [0, 0.05) is 11.6 Å². The van der Waals surface area contributed by atoms with Crippen LogP contribution in [0, 0.1) is 5.92 Å². The van der Waals surface area contributed by atoms with Gasteiger partial charge in [-0.25, -0.2) is 0 Å². The SMILES string of the molecule is CCC(C)(C)NC(=O)C(C)N[C@@H](C)C1CCCCCC1. The van der Waals surface area contributed by atoms with E-state index in [4.69, 9.17) is 0 Å². The lowest BCUT2D eigenvalue weighted by atomic mass is 9.92. The fraction of sp³-hybridized carbons (Fsp3) is 0.941. The molecule has 1 rings (SSSR count). The molecule has 0 aliphatic heterocycles. The maximum Gasteiger partial charge on any atom is 0.237 e. The number of carbonyl (C=O) groups is 1. The van der Waals surface area contributed by atoms with E-state index in [1.54, 1.807) is 0 Å². The van der Waals surface area contributed by atoms with Crippen molar-refractivity contribution in [2.45, 2.75) is 97.2 Å². The van der Waals surface area contributed by atoms with Crippen LogP contribution in [0.2, 0.25) is 0 Å². The van der Waals surface area contributed by atoms with Crippen LogP contribution in [0.5, 0.6) is 0 Å². The van der Waals surface area contributed by atoms with Crippen LogP contribution in [-0.2, 0) is 4.79 Å². The van der Waals surface area contributed by atoms with Crippen LogP contribution in [0.1, 0.15) is 79.6 Å². The molecule has 0 aromatic heterocycles. The predicted molar refractivity (Wildman–Crippen MR) is 85.8 cm³/mol. The van der Waals surface area contributed by atoms with Crippen LogP contribution in [0.25, 0.3) is 0 Å². The molecule has 1 fully saturated rings. The topological polar surface area (TPSA) is 41.1 Å². The van der Waals surface area contributed by atoms with Gasteiger partial charge in [-0.05, 0) is 52.9 Å². The van der Waals surface area contributed by atoms with Crippen molar-refractivity contribution in [3.63, 3.8) is 0 Å². The second-order valence-corrected chi connectivity index (χ2v) is 7.16. The molecule has 1 amide bonds. The number of carbonyl (C=O) groups excluding carboxylic acids is 1. The standard InChI is InChI=1S/C17H34N2O/c1-6-17(4,5)19-16(20)14(3)18-13(2)15-11-9-7-8-10-12-15/h13-15,18H,6-12H2,1-5H3,(H,19,20)/t13-,14?/m0/s1. The summed E-state index contributed by atoms with van der Waals surface area (Å²) in [7, 11) is 0. The number of amides is 1. The Kier molecular flexibility index (Phi) is 7.01. The number of nitrogens with one attached hydrogen (secondary N) is 2. The molecule has 1 saturated carbocycles. The average molecular weight is 282 g/mol. The van der Waals surface area contributed by atoms with Crippen LogP contribution in [0.4, 0.5) is 0 Å². The third kappa shape index (κ3) is 5.82. The van der Waals surface area contributed by atoms with Gasteiger partial charge in [0.2, 0.25) is 5.91 Å². The van der Waals surface area contributed by atoms with E-state index < -0.39 is 0 Å². The van der Waals surface area contributed by atoms with Gasteiger partial charge in [-0.2, -0.15) is 0 Å². The number of rotatable bonds is 6. The summed E-state index contributed by atoms with van der Waals surface area (Å²) in [5, 5.41) is 6.64. The molecule has 0 bridgehead atoms. The molecule has 0 aromatic rings. The fourth-order valence-electron chi connectivity index (χ4n) is 2.95. The lowest BCUT2D eigenvalue weighted by molar-refractivity contribution is -0.124. The smallest absolute Gasteiger partial charge is 0.237 e. The van der Waals surface area contributed by atoms with E-state index in [9.17, 15) is 4.79 Å². The number of hydrogen-bond donors (Lipinski definition) is 2. The first-order chi connectivity index (χ1) is 9.35. The predicted octanol–water partition coefficient (Wildman–Crippen LogP) is 3.63. The lowest BCUT2D eigenvalue weighted by Gasteiger charge is -2.30. The summed E-state index contributed by atoms with van der Waals surface area (Å²) >= 11 is 0. The normalized spacial score (nSPS) is 21.1. The molecule has 2 N–H and O–H groups in total. The third-order valence-electron chi connectivity index (χ3n) is 4.86. The summed E-state index contributed by atoms with van der Waals surface area (Å²) in [5.41, 5.74) is -0.113. The first-order valence-electron chi connectivity index (χ1n) is 8.44. The summed E-state index contributed by atoms with van der Waals surface area (Å²) in [5.74, 6) is 0.851. The second kappa shape index (κ2) is 8.02. The van der Waals surface area contributed by atoms with Crippen LogP contribution in [-0.4, -0.2) is 23.5 Å². The first-order valence-corrected chi connectivity index (χ1v) is 8.44. The molecule has 0 radical (unpaired) electrons. The van der Waals surface area contributed by atoms with Gasteiger partial charge in [-0.1, -0.05) is 32.6 Å². The lowest BCUT2D eigenvalue weighted by Crippen LogP contribution is -2.53. The van der Waals surface area contributed by atoms with E-state index in [0.29, 0.717) is 6.04 Å². The minimum Gasteiger partial charge on any atom is -0.350 e. The van der Waals surface area contributed by atoms with E-state index in [1.807, 2.05) is 6.92 Å². The third-order valence-corrected chi connectivity index (χ3v) is 4.86. The summed E-state index contributed by atoms with van der Waals surface area (Å²) in [6.45, 7) is 10.5. The molecule has 20 heavy (non-hydrogen) atoms. The van der Waals surface area contributed by atoms with Gasteiger partial charge in [-0.15, -0.1) is 0 Å². The molecule has 0 saturated heterocycles. The Balaban J connectivity index is 2.43. The fourth-order valence-corrected chi connectivity index (χ4v) is 2.95. The largest absolute Gasteiger partial charge is 0.350 e. The van der Waals surface area contributed by atoms with Crippen molar-refractivity contribution in [1.82, 2.24) is 10.6 Å². The zero-order valence-corrected chi connectivity index (χ0v) is 14.1. The molecule has 1 aliphatic carbocycles. The van der Waals surface area contributed by atoms with Crippen LogP contribution in [0.15, 0.2) is 0 Å². The van der Waals surface area contributed by atoms with Gasteiger partial charge < -0.3 is 10.6 Å². The molecule has 1 aliphatic rings. The summed E-state index contributed by atoms with van der Waals surface area (Å²) in [6.07, 6.45) is 9.02. The van der Waals surface area contributed by atoms with Crippen LogP contribution in [0.3, 0.4) is 0 Å². The minimum absolute atomic E-state index is 0.112. The van der Waals surface area contributed by atoms with E-state index in [-0.39, 0.29) is 17.5 Å². The Morgan fingerprint density at radius 1 is 1.15 bits per heavy atom. The van der Waals surface area contributed by atoms with Crippen molar-refractivity contribution < 1.29 is 4.79 Å². The Labute approximate surface area is 125 Å². The summed E-state index contributed by atoms with van der Waals surface area (Å²) < 4.78 is 0. The molecular formula is C17H34N2O. The molecule has 3 heteroatoms. The molecular weight excluding hydrogens is 248 g/mol. The van der Waals surface area contributed by atoms with Crippen LogP contribution < -0.4 is 10.6 Å². The van der Waals surface area contributed by atoms with Crippen molar-refractivity contribution in [2.75, 3.05) is 0 Å². The van der Waals surface area contributed by atoms with Gasteiger partial charge in [0.1, 0.15) is 0 Å². The molecule has 118 valence electrons. The highest BCUT2D eigenvalue weighted by Crippen LogP contribution is 2.25. The van der Waals surface area contributed by atoms with Crippen molar-refractivity contribution in [3.05, 3.63) is 0 Å². The van der Waals surface area contributed by atoms with E-state index in [0.717, 1.165) is 12.3 Å². The molecule has 0 aromatic carbocycles. The molecule has 2 atom stereocenters. The molecule has 0 heterocycles. The van der Waals surface area contributed by atoms with Gasteiger partial charge in [-0.3, -0.25) is 4.79 Å². The van der Waals surface area contributed by atoms with E-state index in [1.165, 1.54) is 38.5 Å².